The number of para-hydroxylation sites is 2. The number of hydrogen-bond acceptors (Lipinski definition) is 4. The zero-order valence-electron chi connectivity index (χ0n) is 16.8. The highest BCUT2D eigenvalue weighted by molar-refractivity contribution is 6.04. The molecule has 2 aromatic carbocycles. The SMILES string of the molecule is O=C(N[C@H]1CC[C@@]2(CCN(c3ccccc3)C2=O)CC1)c1cccc2nccnc12. The predicted octanol–water partition coefficient (Wildman–Crippen LogP) is 3.73. The van der Waals surface area contributed by atoms with E-state index < -0.39 is 0 Å². The molecule has 6 heteroatoms. The van der Waals surface area contributed by atoms with Crippen molar-refractivity contribution in [2.45, 2.75) is 38.1 Å². The average Bonchev–Trinajstić information content (AvgIpc) is 3.11. The van der Waals surface area contributed by atoms with Crippen LogP contribution in [-0.4, -0.2) is 34.4 Å². The van der Waals surface area contributed by atoms with Crippen LogP contribution in [0.4, 0.5) is 5.69 Å². The molecular formula is C24H24N4O2. The summed E-state index contributed by atoms with van der Waals surface area (Å²) < 4.78 is 0. The summed E-state index contributed by atoms with van der Waals surface area (Å²) in [5.74, 6) is 0.119. The second kappa shape index (κ2) is 7.52. The number of nitrogens with one attached hydrogen (secondary N) is 1. The molecule has 1 aliphatic heterocycles. The summed E-state index contributed by atoms with van der Waals surface area (Å²) in [7, 11) is 0. The maximum absolute atomic E-state index is 13.2. The lowest BCUT2D eigenvalue weighted by Crippen LogP contribution is -2.44. The first kappa shape index (κ1) is 18.7. The Hall–Kier alpha value is -3.28. The fourth-order valence-electron chi connectivity index (χ4n) is 4.89. The molecule has 5 rings (SSSR count). The van der Waals surface area contributed by atoms with Gasteiger partial charge in [-0.2, -0.15) is 0 Å². The van der Waals surface area contributed by atoms with Gasteiger partial charge in [-0.3, -0.25) is 19.6 Å². The molecule has 1 saturated carbocycles. The first-order valence-corrected chi connectivity index (χ1v) is 10.5. The number of rotatable bonds is 3. The highest BCUT2D eigenvalue weighted by Crippen LogP contribution is 2.46. The molecule has 1 saturated heterocycles. The molecule has 2 amide bonds. The van der Waals surface area contributed by atoms with Gasteiger partial charge in [-0.15, -0.1) is 0 Å². The Labute approximate surface area is 175 Å². The Morgan fingerprint density at radius 2 is 1.73 bits per heavy atom. The van der Waals surface area contributed by atoms with Gasteiger partial charge in [0.2, 0.25) is 5.91 Å². The lowest BCUT2D eigenvalue weighted by atomic mass is 9.71. The van der Waals surface area contributed by atoms with Gasteiger partial charge < -0.3 is 10.2 Å². The number of hydrogen-bond donors (Lipinski definition) is 1. The van der Waals surface area contributed by atoms with Crippen molar-refractivity contribution in [3.8, 4) is 0 Å². The zero-order chi connectivity index (χ0) is 20.6. The Kier molecular flexibility index (Phi) is 4.69. The standard InChI is InChI=1S/C24H24N4O2/c29-22(19-7-4-8-20-21(19)26-15-14-25-20)27-17-9-11-24(12-10-17)13-16-28(23(24)30)18-5-2-1-3-6-18/h1-8,14-15,17H,9-13,16H2,(H,27,29)/t17-,24-. The highest BCUT2D eigenvalue weighted by Gasteiger charge is 2.48. The topological polar surface area (TPSA) is 75.2 Å². The summed E-state index contributed by atoms with van der Waals surface area (Å²) in [6, 6.07) is 15.4. The molecule has 0 unspecified atom stereocenters. The van der Waals surface area contributed by atoms with Gasteiger partial charge >= 0.3 is 0 Å². The van der Waals surface area contributed by atoms with Crippen LogP contribution in [0.2, 0.25) is 0 Å². The third-order valence-electron chi connectivity index (χ3n) is 6.60. The van der Waals surface area contributed by atoms with Gasteiger partial charge in [-0.1, -0.05) is 24.3 Å². The molecule has 0 radical (unpaired) electrons. The summed E-state index contributed by atoms with van der Waals surface area (Å²) in [6.45, 7) is 0.772. The van der Waals surface area contributed by atoms with Crippen molar-refractivity contribution < 1.29 is 9.59 Å². The smallest absolute Gasteiger partial charge is 0.253 e. The number of carbonyl (C=O) groups excluding carboxylic acids is 2. The van der Waals surface area contributed by atoms with Crippen LogP contribution in [0.1, 0.15) is 42.5 Å². The molecule has 0 atom stereocenters. The maximum Gasteiger partial charge on any atom is 0.253 e. The van der Waals surface area contributed by atoms with E-state index >= 15 is 0 Å². The minimum absolute atomic E-state index is 0.0774. The van der Waals surface area contributed by atoms with Gasteiger partial charge in [0.15, 0.2) is 0 Å². The Bertz CT molecular complexity index is 1090. The van der Waals surface area contributed by atoms with Crippen LogP contribution in [0.3, 0.4) is 0 Å². The number of fused-ring (bicyclic) bond motifs is 1. The molecule has 152 valence electrons. The van der Waals surface area contributed by atoms with E-state index in [9.17, 15) is 9.59 Å². The Balaban J connectivity index is 1.25. The first-order valence-electron chi connectivity index (χ1n) is 10.5. The first-order chi connectivity index (χ1) is 14.7. The lowest BCUT2D eigenvalue weighted by molar-refractivity contribution is -0.127. The monoisotopic (exact) mass is 400 g/mol. The minimum atomic E-state index is -0.276. The van der Waals surface area contributed by atoms with Gasteiger partial charge in [0, 0.05) is 30.7 Å². The van der Waals surface area contributed by atoms with Crippen LogP contribution in [0.15, 0.2) is 60.9 Å². The number of carbonyl (C=O) groups is 2. The van der Waals surface area contributed by atoms with E-state index in [1.165, 1.54) is 0 Å². The third kappa shape index (κ3) is 3.22. The number of nitrogens with zero attached hydrogens (tertiary/aromatic N) is 3. The molecule has 6 nitrogen and oxygen atoms in total. The molecule has 2 fully saturated rings. The molecule has 2 aliphatic rings. The minimum Gasteiger partial charge on any atom is -0.349 e. The summed E-state index contributed by atoms with van der Waals surface area (Å²) in [4.78, 5) is 36.6. The van der Waals surface area contributed by atoms with Crippen LogP contribution in [-0.2, 0) is 4.79 Å². The fraction of sp³-hybridized carbons (Fsp3) is 0.333. The normalized spacial score (nSPS) is 23.8. The second-order valence-corrected chi connectivity index (χ2v) is 8.30. The summed E-state index contributed by atoms with van der Waals surface area (Å²) in [5, 5.41) is 3.16. The molecule has 1 aromatic heterocycles. The largest absolute Gasteiger partial charge is 0.349 e. The molecule has 1 spiro atoms. The van der Waals surface area contributed by atoms with Gasteiger partial charge in [-0.05, 0) is 56.4 Å². The molecule has 30 heavy (non-hydrogen) atoms. The number of aromatic nitrogens is 2. The van der Waals surface area contributed by atoms with Crippen LogP contribution < -0.4 is 10.2 Å². The van der Waals surface area contributed by atoms with Gasteiger partial charge in [0.1, 0.15) is 5.52 Å². The van der Waals surface area contributed by atoms with Gasteiger partial charge in [0.25, 0.3) is 5.91 Å². The van der Waals surface area contributed by atoms with Crippen molar-refractivity contribution in [1.82, 2.24) is 15.3 Å². The molecular weight excluding hydrogens is 376 g/mol. The maximum atomic E-state index is 13.2. The van der Waals surface area contributed by atoms with E-state index in [0.29, 0.717) is 16.6 Å². The quantitative estimate of drug-likeness (QED) is 0.727. The van der Waals surface area contributed by atoms with E-state index in [0.717, 1.165) is 44.3 Å². The van der Waals surface area contributed by atoms with Gasteiger partial charge in [0.05, 0.1) is 16.5 Å². The summed E-state index contributed by atoms with van der Waals surface area (Å²) >= 11 is 0. The Morgan fingerprint density at radius 1 is 0.967 bits per heavy atom. The third-order valence-corrected chi connectivity index (χ3v) is 6.60. The van der Waals surface area contributed by atoms with Crippen LogP contribution in [0.25, 0.3) is 11.0 Å². The van der Waals surface area contributed by atoms with Crippen LogP contribution >= 0.6 is 0 Å². The van der Waals surface area contributed by atoms with E-state index in [1.807, 2.05) is 47.4 Å². The fourth-order valence-corrected chi connectivity index (χ4v) is 4.89. The molecule has 1 aliphatic carbocycles. The molecule has 3 aromatic rings. The summed E-state index contributed by atoms with van der Waals surface area (Å²) in [5.41, 5.74) is 2.58. The van der Waals surface area contributed by atoms with Gasteiger partial charge in [-0.25, -0.2) is 0 Å². The van der Waals surface area contributed by atoms with Crippen molar-refractivity contribution in [1.29, 1.82) is 0 Å². The second-order valence-electron chi connectivity index (χ2n) is 8.30. The van der Waals surface area contributed by atoms with E-state index in [2.05, 4.69) is 15.3 Å². The molecule has 1 N–H and O–H groups in total. The van der Waals surface area contributed by atoms with Crippen molar-refractivity contribution >= 4 is 28.5 Å². The van der Waals surface area contributed by atoms with Crippen LogP contribution in [0, 0.1) is 5.41 Å². The molecule has 0 bridgehead atoms. The lowest BCUT2D eigenvalue weighted by Gasteiger charge is -2.36. The van der Waals surface area contributed by atoms with Crippen LogP contribution in [0.5, 0.6) is 0 Å². The zero-order valence-corrected chi connectivity index (χ0v) is 16.8. The molecule has 2 heterocycles. The average molecular weight is 400 g/mol. The predicted molar refractivity (Wildman–Crippen MR) is 115 cm³/mol. The number of amides is 2. The van der Waals surface area contributed by atoms with Crippen molar-refractivity contribution in [2.24, 2.45) is 5.41 Å². The summed E-state index contributed by atoms with van der Waals surface area (Å²) in [6.07, 6.45) is 7.38. The number of anilines is 1. The number of benzene rings is 2. The van der Waals surface area contributed by atoms with Crippen molar-refractivity contribution in [2.75, 3.05) is 11.4 Å². The Morgan fingerprint density at radius 3 is 2.53 bits per heavy atom. The van der Waals surface area contributed by atoms with Crippen molar-refractivity contribution in [3.63, 3.8) is 0 Å². The van der Waals surface area contributed by atoms with E-state index in [4.69, 9.17) is 0 Å². The highest BCUT2D eigenvalue weighted by atomic mass is 16.2. The van der Waals surface area contributed by atoms with E-state index in [1.54, 1.807) is 18.5 Å². The van der Waals surface area contributed by atoms with E-state index in [-0.39, 0.29) is 23.3 Å². The van der Waals surface area contributed by atoms with Crippen molar-refractivity contribution in [3.05, 3.63) is 66.5 Å².